The molecule has 0 bridgehead atoms. The third-order valence-electron chi connectivity index (χ3n) is 3.58. The number of carbonyl (C=O) groups is 1. The van der Waals surface area contributed by atoms with Crippen LogP contribution in [0.3, 0.4) is 0 Å². The van der Waals surface area contributed by atoms with Crippen LogP contribution in [0.1, 0.15) is 35.6 Å². The van der Waals surface area contributed by atoms with E-state index in [9.17, 15) is 4.79 Å². The number of rotatable bonds is 2. The lowest BCUT2D eigenvalue weighted by atomic mass is 9.89. The standard InChI is InChI=1S/C12H18N2O2S/c1-7-4-5-14(6-8(7)2)12-13-9(3)10(17-12)11(15)16/h7-8H,4-6H2,1-3H3,(H,15,16). The predicted molar refractivity (Wildman–Crippen MR) is 69.0 cm³/mol. The highest BCUT2D eigenvalue weighted by atomic mass is 32.1. The Bertz CT molecular complexity index is 430. The number of anilines is 1. The van der Waals surface area contributed by atoms with Crippen molar-refractivity contribution < 1.29 is 9.90 Å². The van der Waals surface area contributed by atoms with Gasteiger partial charge in [-0.1, -0.05) is 25.2 Å². The smallest absolute Gasteiger partial charge is 0.347 e. The van der Waals surface area contributed by atoms with Gasteiger partial charge >= 0.3 is 5.97 Å². The number of hydrogen-bond acceptors (Lipinski definition) is 4. The lowest BCUT2D eigenvalue weighted by Gasteiger charge is -2.35. The molecule has 2 atom stereocenters. The van der Waals surface area contributed by atoms with Crippen molar-refractivity contribution in [2.75, 3.05) is 18.0 Å². The molecule has 1 aromatic rings. The minimum Gasteiger partial charge on any atom is -0.477 e. The maximum atomic E-state index is 11.0. The third kappa shape index (κ3) is 2.44. The van der Waals surface area contributed by atoms with Crippen LogP contribution in [0.4, 0.5) is 5.13 Å². The zero-order valence-corrected chi connectivity index (χ0v) is 11.3. The van der Waals surface area contributed by atoms with Gasteiger partial charge in [0.1, 0.15) is 4.88 Å². The van der Waals surface area contributed by atoms with Crippen molar-refractivity contribution in [1.29, 1.82) is 0 Å². The van der Waals surface area contributed by atoms with Crippen LogP contribution in [-0.2, 0) is 0 Å². The van der Waals surface area contributed by atoms with Gasteiger partial charge in [-0.3, -0.25) is 0 Å². The molecule has 0 spiro atoms. The fourth-order valence-corrected chi connectivity index (χ4v) is 3.09. The summed E-state index contributed by atoms with van der Waals surface area (Å²) < 4.78 is 0. The molecule has 2 unspecified atom stereocenters. The Labute approximate surface area is 105 Å². The lowest BCUT2D eigenvalue weighted by molar-refractivity contribution is 0.0701. The monoisotopic (exact) mass is 254 g/mol. The van der Waals surface area contributed by atoms with Crippen LogP contribution in [-0.4, -0.2) is 29.1 Å². The van der Waals surface area contributed by atoms with Crippen LogP contribution in [0.5, 0.6) is 0 Å². The molecule has 1 N–H and O–H groups in total. The second kappa shape index (κ2) is 4.64. The van der Waals surface area contributed by atoms with Gasteiger partial charge in [-0.2, -0.15) is 0 Å². The Balaban J connectivity index is 2.18. The summed E-state index contributed by atoms with van der Waals surface area (Å²) in [4.78, 5) is 17.9. The Hall–Kier alpha value is -1.10. The van der Waals surface area contributed by atoms with E-state index in [1.807, 2.05) is 0 Å². The summed E-state index contributed by atoms with van der Waals surface area (Å²) in [7, 11) is 0. The summed E-state index contributed by atoms with van der Waals surface area (Å²) in [5.41, 5.74) is 0.628. The topological polar surface area (TPSA) is 53.4 Å². The largest absolute Gasteiger partial charge is 0.477 e. The summed E-state index contributed by atoms with van der Waals surface area (Å²) in [5.74, 6) is 0.511. The van der Waals surface area contributed by atoms with Gasteiger partial charge in [-0.15, -0.1) is 0 Å². The lowest BCUT2D eigenvalue weighted by Crippen LogP contribution is -2.38. The van der Waals surface area contributed by atoms with E-state index >= 15 is 0 Å². The first-order valence-corrected chi connectivity index (χ1v) is 6.76. The second-order valence-electron chi connectivity index (χ2n) is 4.91. The van der Waals surface area contributed by atoms with Crippen LogP contribution in [0, 0.1) is 18.8 Å². The Morgan fingerprint density at radius 1 is 1.47 bits per heavy atom. The first-order chi connectivity index (χ1) is 7.99. The highest BCUT2D eigenvalue weighted by Gasteiger charge is 2.26. The molecule has 1 aromatic heterocycles. The minimum absolute atomic E-state index is 0.367. The highest BCUT2D eigenvalue weighted by molar-refractivity contribution is 7.17. The van der Waals surface area contributed by atoms with E-state index in [1.54, 1.807) is 6.92 Å². The molecule has 4 nitrogen and oxygen atoms in total. The number of aryl methyl sites for hydroxylation is 1. The van der Waals surface area contributed by atoms with Crippen molar-refractivity contribution in [3.05, 3.63) is 10.6 Å². The first-order valence-electron chi connectivity index (χ1n) is 5.94. The minimum atomic E-state index is -0.871. The average molecular weight is 254 g/mol. The second-order valence-corrected chi connectivity index (χ2v) is 5.88. The maximum Gasteiger partial charge on any atom is 0.347 e. The molecule has 1 saturated heterocycles. The van der Waals surface area contributed by atoms with Crippen LogP contribution < -0.4 is 4.90 Å². The van der Waals surface area contributed by atoms with Crippen LogP contribution in [0.2, 0.25) is 0 Å². The van der Waals surface area contributed by atoms with E-state index < -0.39 is 5.97 Å². The van der Waals surface area contributed by atoms with Crippen molar-refractivity contribution in [1.82, 2.24) is 4.98 Å². The molecule has 0 radical (unpaired) electrons. The SMILES string of the molecule is Cc1nc(N2CCC(C)C(C)C2)sc1C(=O)O. The van der Waals surface area contributed by atoms with Crippen molar-refractivity contribution in [2.24, 2.45) is 11.8 Å². The number of carboxylic acids is 1. The zero-order chi connectivity index (χ0) is 12.6. The Kier molecular flexibility index (Phi) is 3.38. The number of thiazole rings is 1. The molecule has 2 heterocycles. The van der Waals surface area contributed by atoms with E-state index in [4.69, 9.17) is 5.11 Å². The fourth-order valence-electron chi connectivity index (χ4n) is 2.15. The molecule has 0 saturated carbocycles. The Morgan fingerprint density at radius 3 is 2.71 bits per heavy atom. The molecular weight excluding hydrogens is 236 g/mol. The average Bonchev–Trinajstić information content (AvgIpc) is 2.64. The van der Waals surface area contributed by atoms with Crippen LogP contribution >= 0.6 is 11.3 Å². The van der Waals surface area contributed by atoms with Crippen LogP contribution in [0.25, 0.3) is 0 Å². The van der Waals surface area contributed by atoms with Crippen LogP contribution in [0.15, 0.2) is 0 Å². The highest BCUT2D eigenvalue weighted by Crippen LogP contribution is 2.31. The van der Waals surface area contributed by atoms with Crippen molar-refractivity contribution in [2.45, 2.75) is 27.2 Å². The van der Waals surface area contributed by atoms with E-state index in [0.717, 1.165) is 30.6 Å². The van der Waals surface area contributed by atoms with Gasteiger partial charge in [-0.05, 0) is 25.2 Å². The molecule has 0 amide bonds. The molecule has 1 fully saturated rings. The van der Waals surface area contributed by atoms with Gasteiger partial charge < -0.3 is 10.0 Å². The number of nitrogens with zero attached hydrogens (tertiary/aromatic N) is 2. The van der Waals surface area contributed by atoms with Crippen molar-refractivity contribution >= 4 is 22.4 Å². The van der Waals surface area contributed by atoms with Gasteiger partial charge in [-0.25, -0.2) is 9.78 Å². The van der Waals surface area contributed by atoms with E-state index in [0.29, 0.717) is 16.5 Å². The number of hydrogen-bond donors (Lipinski definition) is 1. The van der Waals surface area contributed by atoms with Crippen molar-refractivity contribution in [3.8, 4) is 0 Å². The summed E-state index contributed by atoms with van der Waals surface area (Å²) in [5, 5.41) is 9.88. The van der Waals surface area contributed by atoms with Gasteiger partial charge in [0, 0.05) is 13.1 Å². The van der Waals surface area contributed by atoms with E-state index in [-0.39, 0.29) is 0 Å². The summed E-state index contributed by atoms with van der Waals surface area (Å²) in [6.07, 6.45) is 1.15. The van der Waals surface area contributed by atoms with Gasteiger partial charge in [0.15, 0.2) is 5.13 Å². The van der Waals surface area contributed by atoms with E-state index in [2.05, 4.69) is 23.7 Å². The molecule has 17 heavy (non-hydrogen) atoms. The number of aromatic carboxylic acids is 1. The normalized spacial score (nSPS) is 25.0. The summed E-state index contributed by atoms with van der Waals surface area (Å²) in [6, 6.07) is 0. The first kappa shape index (κ1) is 12.4. The third-order valence-corrected chi connectivity index (χ3v) is 4.79. The predicted octanol–water partition coefficient (Wildman–Crippen LogP) is 2.63. The number of carboxylic acid groups (broad SMARTS) is 1. The molecule has 1 aliphatic heterocycles. The molecule has 2 rings (SSSR count). The number of piperidine rings is 1. The number of aromatic nitrogens is 1. The fraction of sp³-hybridized carbons (Fsp3) is 0.667. The van der Waals surface area contributed by atoms with Gasteiger partial charge in [0.05, 0.1) is 5.69 Å². The quantitative estimate of drug-likeness (QED) is 0.881. The maximum absolute atomic E-state index is 11.0. The molecule has 0 aliphatic carbocycles. The van der Waals surface area contributed by atoms with E-state index in [1.165, 1.54) is 11.3 Å². The molecule has 94 valence electrons. The molecule has 0 aromatic carbocycles. The van der Waals surface area contributed by atoms with Crippen molar-refractivity contribution in [3.63, 3.8) is 0 Å². The zero-order valence-electron chi connectivity index (χ0n) is 10.4. The van der Waals surface area contributed by atoms with Gasteiger partial charge in [0.25, 0.3) is 0 Å². The van der Waals surface area contributed by atoms with Gasteiger partial charge in [0.2, 0.25) is 0 Å². The summed E-state index contributed by atoms with van der Waals surface area (Å²) in [6.45, 7) is 8.25. The molecule has 1 aliphatic rings. The molecular formula is C12H18N2O2S. The Morgan fingerprint density at radius 2 is 2.18 bits per heavy atom. The molecule has 5 heteroatoms. The summed E-state index contributed by atoms with van der Waals surface area (Å²) >= 11 is 1.29.